The molecular formula is C13H14N2O4. The minimum absolute atomic E-state index is 0.0727. The topological polar surface area (TPSA) is 77.6 Å². The summed E-state index contributed by atoms with van der Waals surface area (Å²) in [4.78, 5) is 4.33. The summed E-state index contributed by atoms with van der Waals surface area (Å²) in [6.07, 6.45) is 1.86. The minimum Gasteiger partial charge on any atom is -0.504 e. The van der Waals surface area contributed by atoms with Gasteiger partial charge in [0.15, 0.2) is 11.5 Å². The molecule has 1 aliphatic rings. The Balaban J connectivity index is 1.89. The lowest BCUT2D eigenvalue weighted by atomic mass is 10.2. The molecule has 6 nitrogen and oxygen atoms in total. The van der Waals surface area contributed by atoms with Crippen LogP contribution in [0.5, 0.6) is 11.5 Å². The van der Waals surface area contributed by atoms with Crippen LogP contribution in [0, 0.1) is 0 Å². The molecule has 1 atom stereocenters. The lowest BCUT2D eigenvalue weighted by Crippen LogP contribution is -1.97. The van der Waals surface area contributed by atoms with Crippen LogP contribution in [0.3, 0.4) is 0 Å². The standard InChI is InChI=1S/C13H14N2O4/c1-17-11-7-8(4-5-9(11)16)13-14-12(15-19-13)10-3-2-6-18-10/h4-5,7,10,16H,2-3,6H2,1H3. The summed E-state index contributed by atoms with van der Waals surface area (Å²) in [6, 6.07) is 4.89. The smallest absolute Gasteiger partial charge is 0.258 e. The van der Waals surface area contributed by atoms with Crippen molar-refractivity contribution in [2.45, 2.75) is 18.9 Å². The third kappa shape index (κ3) is 2.26. The Morgan fingerprint density at radius 1 is 1.42 bits per heavy atom. The molecule has 0 saturated carbocycles. The maximum absolute atomic E-state index is 9.55. The first-order valence-corrected chi connectivity index (χ1v) is 6.10. The van der Waals surface area contributed by atoms with E-state index in [1.807, 2.05) is 0 Å². The summed E-state index contributed by atoms with van der Waals surface area (Å²) >= 11 is 0. The van der Waals surface area contributed by atoms with Gasteiger partial charge in [-0.25, -0.2) is 0 Å². The van der Waals surface area contributed by atoms with E-state index in [4.69, 9.17) is 14.0 Å². The average Bonchev–Trinajstić information content (AvgIpc) is 3.10. The van der Waals surface area contributed by atoms with Gasteiger partial charge in [-0.3, -0.25) is 0 Å². The fourth-order valence-electron chi connectivity index (χ4n) is 2.07. The van der Waals surface area contributed by atoms with Crippen molar-refractivity contribution in [1.29, 1.82) is 0 Å². The molecule has 0 bridgehead atoms. The van der Waals surface area contributed by atoms with E-state index in [-0.39, 0.29) is 11.9 Å². The van der Waals surface area contributed by atoms with Gasteiger partial charge in [-0.15, -0.1) is 0 Å². The van der Waals surface area contributed by atoms with E-state index in [1.54, 1.807) is 12.1 Å². The number of hydrogen-bond acceptors (Lipinski definition) is 6. The largest absolute Gasteiger partial charge is 0.504 e. The highest BCUT2D eigenvalue weighted by molar-refractivity contribution is 5.59. The highest BCUT2D eigenvalue weighted by Gasteiger charge is 2.23. The third-order valence-corrected chi connectivity index (χ3v) is 3.09. The first kappa shape index (κ1) is 12.0. The summed E-state index contributed by atoms with van der Waals surface area (Å²) in [5, 5.41) is 13.5. The van der Waals surface area contributed by atoms with E-state index < -0.39 is 0 Å². The summed E-state index contributed by atoms with van der Waals surface area (Å²) in [5.41, 5.74) is 0.700. The van der Waals surface area contributed by atoms with Crippen LogP contribution in [-0.2, 0) is 4.74 Å². The molecule has 1 aromatic carbocycles. The van der Waals surface area contributed by atoms with E-state index in [0.29, 0.717) is 23.0 Å². The highest BCUT2D eigenvalue weighted by Crippen LogP contribution is 2.32. The van der Waals surface area contributed by atoms with E-state index in [9.17, 15) is 5.11 Å². The zero-order chi connectivity index (χ0) is 13.2. The molecule has 1 fully saturated rings. The van der Waals surface area contributed by atoms with Gasteiger partial charge in [0.25, 0.3) is 5.89 Å². The zero-order valence-electron chi connectivity index (χ0n) is 10.5. The fourth-order valence-corrected chi connectivity index (χ4v) is 2.07. The predicted molar refractivity (Wildman–Crippen MR) is 65.9 cm³/mol. The second-order valence-corrected chi connectivity index (χ2v) is 4.35. The van der Waals surface area contributed by atoms with E-state index >= 15 is 0 Å². The SMILES string of the molecule is COc1cc(-c2nc(C3CCCO3)no2)ccc1O. The van der Waals surface area contributed by atoms with Crippen LogP contribution in [0.4, 0.5) is 0 Å². The van der Waals surface area contributed by atoms with Crippen molar-refractivity contribution in [2.75, 3.05) is 13.7 Å². The molecule has 1 unspecified atom stereocenters. The van der Waals surface area contributed by atoms with Crippen molar-refractivity contribution in [2.24, 2.45) is 0 Å². The molecule has 0 radical (unpaired) electrons. The number of ether oxygens (including phenoxy) is 2. The van der Waals surface area contributed by atoms with Crippen molar-refractivity contribution in [3.05, 3.63) is 24.0 Å². The van der Waals surface area contributed by atoms with Gasteiger partial charge in [-0.2, -0.15) is 4.98 Å². The number of aromatic hydroxyl groups is 1. The fraction of sp³-hybridized carbons (Fsp3) is 0.385. The van der Waals surface area contributed by atoms with E-state index in [2.05, 4.69) is 10.1 Å². The Hall–Kier alpha value is -2.08. The summed E-state index contributed by atoms with van der Waals surface area (Å²) in [5.74, 6) is 1.41. The van der Waals surface area contributed by atoms with Crippen LogP contribution in [0.15, 0.2) is 22.7 Å². The van der Waals surface area contributed by atoms with Crippen molar-refractivity contribution in [3.8, 4) is 23.0 Å². The number of hydrogen-bond donors (Lipinski definition) is 1. The average molecular weight is 262 g/mol. The first-order chi connectivity index (χ1) is 9.28. The van der Waals surface area contributed by atoms with Gasteiger partial charge in [0, 0.05) is 12.2 Å². The molecule has 19 heavy (non-hydrogen) atoms. The molecule has 0 aliphatic carbocycles. The number of methoxy groups -OCH3 is 1. The lowest BCUT2D eigenvalue weighted by Gasteiger charge is -2.03. The number of aromatic nitrogens is 2. The molecule has 2 aromatic rings. The maximum Gasteiger partial charge on any atom is 0.258 e. The number of nitrogens with zero attached hydrogens (tertiary/aromatic N) is 2. The Bertz CT molecular complexity index is 576. The summed E-state index contributed by atoms with van der Waals surface area (Å²) in [6.45, 7) is 0.738. The number of benzene rings is 1. The van der Waals surface area contributed by atoms with Crippen LogP contribution in [0.1, 0.15) is 24.8 Å². The molecule has 6 heteroatoms. The Kier molecular flexibility index (Phi) is 3.08. The normalized spacial score (nSPS) is 18.7. The molecule has 3 rings (SSSR count). The first-order valence-electron chi connectivity index (χ1n) is 6.10. The number of phenols is 1. The summed E-state index contributed by atoms with van der Waals surface area (Å²) < 4.78 is 15.8. The van der Waals surface area contributed by atoms with Crippen LogP contribution in [0.25, 0.3) is 11.5 Å². The third-order valence-electron chi connectivity index (χ3n) is 3.09. The van der Waals surface area contributed by atoms with Crippen LogP contribution in [0.2, 0.25) is 0 Å². The predicted octanol–water partition coefficient (Wildman–Crippen LogP) is 2.30. The monoisotopic (exact) mass is 262 g/mol. The van der Waals surface area contributed by atoms with Gasteiger partial charge < -0.3 is 19.1 Å². The van der Waals surface area contributed by atoms with Crippen molar-refractivity contribution in [3.63, 3.8) is 0 Å². The van der Waals surface area contributed by atoms with Crippen molar-refractivity contribution in [1.82, 2.24) is 10.1 Å². The molecular weight excluding hydrogens is 248 g/mol. The second kappa shape index (κ2) is 4.89. The molecule has 1 saturated heterocycles. The zero-order valence-corrected chi connectivity index (χ0v) is 10.5. The summed E-state index contributed by atoms with van der Waals surface area (Å²) in [7, 11) is 1.49. The second-order valence-electron chi connectivity index (χ2n) is 4.35. The van der Waals surface area contributed by atoms with Crippen LogP contribution >= 0.6 is 0 Å². The molecule has 1 aliphatic heterocycles. The Morgan fingerprint density at radius 3 is 3.05 bits per heavy atom. The van der Waals surface area contributed by atoms with Gasteiger partial charge in [0.2, 0.25) is 5.82 Å². The molecule has 100 valence electrons. The molecule has 0 spiro atoms. The van der Waals surface area contributed by atoms with E-state index in [1.165, 1.54) is 13.2 Å². The number of phenolic OH excluding ortho intramolecular Hbond substituents is 1. The lowest BCUT2D eigenvalue weighted by molar-refractivity contribution is 0.103. The molecule has 2 heterocycles. The van der Waals surface area contributed by atoms with Gasteiger partial charge in [0.05, 0.1) is 7.11 Å². The molecule has 1 N–H and O–H groups in total. The van der Waals surface area contributed by atoms with Crippen molar-refractivity contribution >= 4 is 0 Å². The quantitative estimate of drug-likeness (QED) is 0.914. The molecule has 1 aromatic heterocycles. The van der Waals surface area contributed by atoms with Gasteiger partial charge in [0.1, 0.15) is 6.10 Å². The Morgan fingerprint density at radius 2 is 2.32 bits per heavy atom. The van der Waals surface area contributed by atoms with Gasteiger partial charge in [-0.1, -0.05) is 5.16 Å². The maximum atomic E-state index is 9.55. The van der Waals surface area contributed by atoms with Crippen LogP contribution in [-0.4, -0.2) is 29.0 Å². The minimum atomic E-state index is -0.0727. The van der Waals surface area contributed by atoms with Crippen LogP contribution < -0.4 is 4.74 Å². The number of rotatable bonds is 3. The van der Waals surface area contributed by atoms with E-state index in [0.717, 1.165) is 19.4 Å². The molecule has 0 amide bonds. The highest BCUT2D eigenvalue weighted by atomic mass is 16.5. The Labute approximate surface area is 110 Å². The van der Waals surface area contributed by atoms with Gasteiger partial charge in [-0.05, 0) is 31.0 Å². The van der Waals surface area contributed by atoms with Crippen molar-refractivity contribution < 1.29 is 19.1 Å². The van der Waals surface area contributed by atoms with Gasteiger partial charge >= 0.3 is 0 Å².